The topological polar surface area (TPSA) is 52.7 Å². The van der Waals surface area contributed by atoms with Gasteiger partial charge in [0.05, 0.1) is 0 Å². The molecule has 5 heteroatoms. The molecule has 0 spiro atoms. The number of hydrogen-bond donors (Lipinski definition) is 1. The van der Waals surface area contributed by atoms with Gasteiger partial charge in [-0.1, -0.05) is 13.3 Å². The van der Waals surface area contributed by atoms with Gasteiger partial charge < -0.3 is 4.90 Å². The number of amides is 2. The molecule has 0 aromatic rings. The molecule has 2 amide bonds. The minimum atomic E-state index is -0.249. The maximum atomic E-state index is 12.6. The van der Waals surface area contributed by atoms with Crippen LogP contribution in [0, 0.1) is 11.8 Å². The quantitative estimate of drug-likeness (QED) is 0.859. The lowest BCUT2D eigenvalue weighted by Gasteiger charge is -2.37. The number of piperidine rings is 2. The molecule has 0 radical (unpaired) electrons. The molecule has 2 heterocycles. The van der Waals surface area contributed by atoms with Gasteiger partial charge in [-0.15, -0.1) is 0 Å². The summed E-state index contributed by atoms with van der Waals surface area (Å²) in [5.41, 5.74) is 3.04. The van der Waals surface area contributed by atoms with Crippen molar-refractivity contribution in [1.82, 2.24) is 15.3 Å². The molecule has 5 nitrogen and oxygen atoms in total. The number of hydrogen-bond acceptors (Lipinski definition) is 3. The van der Waals surface area contributed by atoms with E-state index in [9.17, 15) is 9.59 Å². The summed E-state index contributed by atoms with van der Waals surface area (Å²) in [7, 11) is 0. The van der Waals surface area contributed by atoms with Crippen molar-refractivity contribution in [2.45, 2.75) is 57.9 Å². The molecule has 3 aliphatic rings. The Bertz CT molecular complexity index is 406. The molecule has 3 rings (SSSR count). The van der Waals surface area contributed by atoms with Crippen LogP contribution in [0.5, 0.6) is 0 Å². The van der Waals surface area contributed by atoms with Crippen LogP contribution in [0.25, 0.3) is 0 Å². The normalized spacial score (nSPS) is 33.6. The van der Waals surface area contributed by atoms with Gasteiger partial charge in [0.15, 0.2) is 0 Å². The third kappa shape index (κ3) is 3.39. The van der Waals surface area contributed by atoms with Gasteiger partial charge in [0.1, 0.15) is 6.04 Å². The number of carbonyl (C=O) groups excluding carboxylic acids is 2. The monoisotopic (exact) mass is 293 g/mol. The van der Waals surface area contributed by atoms with Gasteiger partial charge in [-0.05, 0) is 44.4 Å². The van der Waals surface area contributed by atoms with Crippen LogP contribution in [0.3, 0.4) is 0 Å². The van der Waals surface area contributed by atoms with E-state index in [4.69, 9.17) is 0 Å². The summed E-state index contributed by atoms with van der Waals surface area (Å²) >= 11 is 0. The van der Waals surface area contributed by atoms with Gasteiger partial charge in [-0.25, -0.2) is 5.01 Å². The van der Waals surface area contributed by atoms with Gasteiger partial charge in [-0.2, -0.15) is 0 Å². The lowest BCUT2D eigenvalue weighted by molar-refractivity contribution is -0.145. The summed E-state index contributed by atoms with van der Waals surface area (Å²) in [5.74, 6) is 0.915. The van der Waals surface area contributed by atoms with E-state index < -0.39 is 0 Å². The Hall–Kier alpha value is -1.10. The maximum absolute atomic E-state index is 12.6. The Morgan fingerprint density at radius 2 is 1.67 bits per heavy atom. The summed E-state index contributed by atoms with van der Waals surface area (Å²) in [5, 5.41) is 2.03. The number of rotatable bonds is 3. The minimum Gasteiger partial charge on any atom is -0.330 e. The van der Waals surface area contributed by atoms with E-state index in [1.165, 1.54) is 6.42 Å². The average Bonchev–Trinajstić information content (AvgIpc) is 3.24. The number of likely N-dealkylation sites (tertiary alicyclic amines) is 1. The van der Waals surface area contributed by atoms with E-state index in [-0.39, 0.29) is 23.8 Å². The average molecular weight is 293 g/mol. The molecule has 1 N–H and O–H groups in total. The maximum Gasteiger partial charge on any atom is 0.257 e. The van der Waals surface area contributed by atoms with E-state index in [1.54, 1.807) is 0 Å². The first-order chi connectivity index (χ1) is 10.2. The van der Waals surface area contributed by atoms with Crippen LogP contribution >= 0.6 is 0 Å². The second kappa shape index (κ2) is 6.34. The Morgan fingerprint density at radius 3 is 2.33 bits per heavy atom. The van der Waals surface area contributed by atoms with Crippen molar-refractivity contribution in [1.29, 1.82) is 0 Å². The Labute approximate surface area is 127 Å². The molecule has 118 valence electrons. The smallest absolute Gasteiger partial charge is 0.257 e. The number of carbonyl (C=O) groups is 2. The van der Waals surface area contributed by atoms with Crippen molar-refractivity contribution in [2.24, 2.45) is 11.8 Å². The number of hydrazine groups is 1. The van der Waals surface area contributed by atoms with E-state index in [0.29, 0.717) is 5.92 Å². The van der Waals surface area contributed by atoms with Crippen molar-refractivity contribution in [3.63, 3.8) is 0 Å². The van der Waals surface area contributed by atoms with Crippen molar-refractivity contribution < 1.29 is 9.59 Å². The van der Waals surface area contributed by atoms with Crippen LogP contribution in [-0.2, 0) is 9.59 Å². The highest BCUT2D eigenvalue weighted by Gasteiger charge is 2.44. The summed E-state index contributed by atoms with van der Waals surface area (Å²) in [6, 6.07) is -0.249. The Balaban J connectivity index is 1.60. The predicted molar refractivity (Wildman–Crippen MR) is 80.2 cm³/mol. The van der Waals surface area contributed by atoms with Crippen molar-refractivity contribution in [2.75, 3.05) is 19.6 Å². The van der Waals surface area contributed by atoms with Gasteiger partial charge in [0.2, 0.25) is 5.91 Å². The Morgan fingerprint density at radius 1 is 1.00 bits per heavy atom. The van der Waals surface area contributed by atoms with Gasteiger partial charge in [-0.3, -0.25) is 15.0 Å². The number of nitrogens with one attached hydrogen (secondary N) is 1. The second-order valence-electron chi connectivity index (χ2n) is 6.89. The molecule has 21 heavy (non-hydrogen) atoms. The van der Waals surface area contributed by atoms with Crippen LogP contribution in [-0.4, -0.2) is 47.4 Å². The molecule has 1 saturated carbocycles. The fourth-order valence-electron chi connectivity index (χ4n) is 3.58. The van der Waals surface area contributed by atoms with Gasteiger partial charge >= 0.3 is 0 Å². The van der Waals surface area contributed by atoms with Gasteiger partial charge in [0.25, 0.3) is 5.91 Å². The number of nitrogens with zero attached hydrogens (tertiary/aromatic N) is 2. The van der Waals surface area contributed by atoms with Crippen LogP contribution in [0.2, 0.25) is 0 Å². The first-order valence-electron chi connectivity index (χ1n) is 8.53. The molecule has 0 aromatic carbocycles. The molecule has 0 unspecified atom stereocenters. The Kier molecular flexibility index (Phi) is 4.48. The predicted octanol–water partition coefficient (Wildman–Crippen LogP) is 1.54. The standard InChI is InChI=1S/C16H27N3O2/c1-12-11-13(12)16(21)19-10-6-3-7-14(19)15(20)17-18-8-4-2-5-9-18/h12-14H,2-11H2,1H3,(H,17,20)/t12-,13-,14-/m1/s1. The summed E-state index contributed by atoms with van der Waals surface area (Å²) in [6.07, 6.45) is 7.42. The second-order valence-corrected chi connectivity index (χ2v) is 6.89. The van der Waals surface area contributed by atoms with Crippen LogP contribution in [0.1, 0.15) is 51.9 Å². The van der Waals surface area contributed by atoms with E-state index in [2.05, 4.69) is 12.3 Å². The molecule has 2 saturated heterocycles. The first kappa shape index (κ1) is 14.8. The highest BCUT2D eigenvalue weighted by molar-refractivity contribution is 5.89. The fourth-order valence-corrected chi connectivity index (χ4v) is 3.58. The van der Waals surface area contributed by atoms with Crippen LogP contribution in [0.15, 0.2) is 0 Å². The molecule has 1 aliphatic carbocycles. The third-order valence-electron chi connectivity index (χ3n) is 5.14. The summed E-state index contributed by atoms with van der Waals surface area (Å²) in [6.45, 7) is 4.74. The molecule has 3 fully saturated rings. The van der Waals surface area contributed by atoms with Crippen LogP contribution in [0.4, 0.5) is 0 Å². The fraction of sp³-hybridized carbons (Fsp3) is 0.875. The molecule has 0 aromatic heterocycles. The van der Waals surface area contributed by atoms with E-state index >= 15 is 0 Å². The summed E-state index contributed by atoms with van der Waals surface area (Å²) in [4.78, 5) is 26.9. The lowest BCUT2D eigenvalue weighted by atomic mass is 10.0. The molecular formula is C16H27N3O2. The van der Waals surface area contributed by atoms with E-state index in [0.717, 1.165) is 58.2 Å². The van der Waals surface area contributed by atoms with Crippen molar-refractivity contribution in [3.8, 4) is 0 Å². The first-order valence-corrected chi connectivity index (χ1v) is 8.53. The molecular weight excluding hydrogens is 266 g/mol. The van der Waals surface area contributed by atoms with E-state index in [1.807, 2.05) is 9.91 Å². The van der Waals surface area contributed by atoms with Crippen molar-refractivity contribution in [3.05, 3.63) is 0 Å². The zero-order valence-electron chi connectivity index (χ0n) is 13.0. The highest BCUT2D eigenvalue weighted by atomic mass is 16.2. The van der Waals surface area contributed by atoms with Crippen molar-refractivity contribution >= 4 is 11.8 Å². The third-order valence-corrected chi connectivity index (χ3v) is 5.14. The largest absolute Gasteiger partial charge is 0.330 e. The highest BCUT2D eigenvalue weighted by Crippen LogP contribution is 2.40. The molecule has 0 bridgehead atoms. The van der Waals surface area contributed by atoms with Gasteiger partial charge in [0, 0.05) is 25.6 Å². The molecule has 3 atom stereocenters. The zero-order chi connectivity index (χ0) is 14.8. The molecule has 2 aliphatic heterocycles. The lowest BCUT2D eigenvalue weighted by Crippen LogP contribution is -2.56. The van der Waals surface area contributed by atoms with Crippen LogP contribution < -0.4 is 5.43 Å². The summed E-state index contributed by atoms with van der Waals surface area (Å²) < 4.78 is 0. The zero-order valence-corrected chi connectivity index (χ0v) is 13.0. The minimum absolute atomic E-state index is 0.0262. The SMILES string of the molecule is C[C@@H]1C[C@H]1C(=O)N1CCCC[C@@H]1C(=O)NN1CCCCC1.